The summed E-state index contributed by atoms with van der Waals surface area (Å²) < 4.78 is 0. The minimum Gasteiger partial charge on any atom is -0.384 e. The molecule has 2 unspecified atom stereocenters. The highest BCUT2D eigenvalue weighted by atomic mass is 15.2. The third kappa shape index (κ3) is 1.96. The summed E-state index contributed by atoms with van der Waals surface area (Å²) in [6.07, 6.45) is 8.46. The summed E-state index contributed by atoms with van der Waals surface area (Å²) in [6, 6.07) is 4.60. The van der Waals surface area contributed by atoms with Crippen molar-refractivity contribution < 1.29 is 0 Å². The van der Waals surface area contributed by atoms with Gasteiger partial charge in [0.05, 0.1) is 0 Å². The summed E-state index contributed by atoms with van der Waals surface area (Å²) in [5.41, 5.74) is 6.16. The maximum Gasteiger partial charge on any atom is 0.128 e. The Balaban J connectivity index is 1.80. The number of aromatic nitrogens is 1. The Morgan fingerprint density at radius 3 is 2.83 bits per heavy atom. The minimum absolute atomic E-state index is 0.0889. The fraction of sp³-hybridized carbons (Fsp3) is 0.571. The lowest BCUT2D eigenvalue weighted by Crippen LogP contribution is -2.35. The van der Waals surface area contributed by atoms with Gasteiger partial charge in [-0.2, -0.15) is 0 Å². The summed E-state index contributed by atoms with van der Waals surface area (Å²) in [5, 5.41) is 7.39. The van der Waals surface area contributed by atoms with E-state index in [2.05, 4.69) is 9.88 Å². The van der Waals surface area contributed by atoms with Crippen LogP contribution >= 0.6 is 0 Å². The van der Waals surface area contributed by atoms with Gasteiger partial charge in [-0.25, -0.2) is 4.98 Å². The van der Waals surface area contributed by atoms with E-state index in [1.54, 1.807) is 6.20 Å². The van der Waals surface area contributed by atoms with E-state index in [1.807, 2.05) is 12.1 Å². The van der Waals surface area contributed by atoms with E-state index in [0.29, 0.717) is 11.6 Å². The number of pyridine rings is 1. The highest BCUT2D eigenvalue weighted by Crippen LogP contribution is 2.38. The topological polar surface area (TPSA) is 66.0 Å². The Morgan fingerprint density at radius 2 is 2.11 bits per heavy atom. The molecule has 0 bridgehead atoms. The largest absolute Gasteiger partial charge is 0.384 e. The lowest BCUT2D eigenvalue weighted by molar-refractivity contribution is 0.341. The second kappa shape index (κ2) is 4.59. The molecule has 4 heteroatoms. The lowest BCUT2D eigenvalue weighted by atomic mass is 9.85. The van der Waals surface area contributed by atoms with Gasteiger partial charge in [0.2, 0.25) is 0 Å². The van der Waals surface area contributed by atoms with Crippen molar-refractivity contribution in [2.75, 3.05) is 11.4 Å². The van der Waals surface area contributed by atoms with E-state index >= 15 is 0 Å². The number of fused-ring (bicyclic) bond motifs is 1. The molecule has 0 radical (unpaired) electrons. The van der Waals surface area contributed by atoms with E-state index in [4.69, 9.17) is 11.1 Å². The predicted molar refractivity (Wildman–Crippen MR) is 73.0 cm³/mol. The minimum atomic E-state index is 0.0889. The smallest absolute Gasteiger partial charge is 0.128 e. The van der Waals surface area contributed by atoms with Crippen molar-refractivity contribution in [3.8, 4) is 0 Å². The van der Waals surface area contributed by atoms with Gasteiger partial charge in [0.1, 0.15) is 11.7 Å². The number of nitrogen functional groups attached to an aromatic ring is 1. The molecule has 1 aromatic rings. The van der Waals surface area contributed by atoms with E-state index in [0.717, 1.165) is 18.3 Å². The molecule has 2 atom stereocenters. The number of nitrogens with zero attached hydrogens (tertiary/aromatic N) is 2. The molecule has 2 aliphatic rings. The van der Waals surface area contributed by atoms with E-state index in [9.17, 15) is 0 Å². The van der Waals surface area contributed by atoms with Crippen molar-refractivity contribution in [2.24, 2.45) is 11.7 Å². The van der Waals surface area contributed by atoms with Crippen LogP contribution in [0.4, 0.5) is 5.82 Å². The number of amidine groups is 1. The average molecular weight is 244 g/mol. The van der Waals surface area contributed by atoms with Crippen LogP contribution in [-0.2, 0) is 0 Å². The van der Waals surface area contributed by atoms with Gasteiger partial charge in [0.15, 0.2) is 0 Å². The fourth-order valence-electron chi connectivity index (χ4n) is 3.41. The first-order valence-electron chi connectivity index (χ1n) is 6.83. The third-order valence-electron chi connectivity index (χ3n) is 4.36. The molecule has 0 spiro atoms. The molecule has 2 fully saturated rings. The molecule has 4 nitrogen and oxygen atoms in total. The van der Waals surface area contributed by atoms with Crippen LogP contribution in [-0.4, -0.2) is 23.4 Å². The van der Waals surface area contributed by atoms with Crippen LogP contribution in [0.2, 0.25) is 0 Å². The van der Waals surface area contributed by atoms with Crippen molar-refractivity contribution in [1.82, 2.24) is 4.98 Å². The molecule has 3 N–H and O–H groups in total. The van der Waals surface area contributed by atoms with Crippen LogP contribution in [0.3, 0.4) is 0 Å². The maximum absolute atomic E-state index is 7.39. The molecule has 1 saturated heterocycles. The Hall–Kier alpha value is -1.58. The van der Waals surface area contributed by atoms with Gasteiger partial charge in [0, 0.05) is 24.3 Å². The van der Waals surface area contributed by atoms with Crippen LogP contribution in [0, 0.1) is 11.3 Å². The molecule has 1 aliphatic carbocycles. The standard InChI is InChI=1S/C14H20N4/c15-14(16)11-5-6-13(17-9-11)18-8-7-10-3-1-2-4-12(10)18/h5-6,9-10,12H,1-4,7-8H2,(H3,15,16). The first-order chi connectivity index (χ1) is 8.75. The Kier molecular flexibility index (Phi) is 2.94. The maximum atomic E-state index is 7.39. The molecule has 3 rings (SSSR count). The summed E-state index contributed by atoms with van der Waals surface area (Å²) in [4.78, 5) is 6.93. The molecular weight excluding hydrogens is 224 g/mol. The highest BCUT2D eigenvalue weighted by Gasteiger charge is 2.36. The van der Waals surface area contributed by atoms with E-state index in [1.165, 1.54) is 32.1 Å². The Bertz CT molecular complexity index is 440. The third-order valence-corrected chi connectivity index (χ3v) is 4.36. The van der Waals surface area contributed by atoms with E-state index < -0.39 is 0 Å². The molecule has 2 heterocycles. The zero-order valence-corrected chi connectivity index (χ0v) is 10.6. The van der Waals surface area contributed by atoms with Crippen LogP contribution in [0.25, 0.3) is 0 Å². The zero-order valence-electron chi connectivity index (χ0n) is 10.6. The van der Waals surface area contributed by atoms with Gasteiger partial charge < -0.3 is 10.6 Å². The van der Waals surface area contributed by atoms with Crippen molar-refractivity contribution in [1.29, 1.82) is 5.41 Å². The Morgan fingerprint density at radius 1 is 1.28 bits per heavy atom. The molecule has 1 aromatic heterocycles. The second-order valence-electron chi connectivity index (χ2n) is 5.41. The number of anilines is 1. The van der Waals surface area contributed by atoms with Gasteiger partial charge >= 0.3 is 0 Å². The highest BCUT2D eigenvalue weighted by molar-refractivity contribution is 5.94. The van der Waals surface area contributed by atoms with Crippen LogP contribution in [0.15, 0.2) is 18.3 Å². The van der Waals surface area contributed by atoms with Gasteiger partial charge in [-0.3, -0.25) is 5.41 Å². The first kappa shape index (κ1) is 11.5. The van der Waals surface area contributed by atoms with Gasteiger partial charge in [-0.05, 0) is 37.3 Å². The number of nitrogens with one attached hydrogen (secondary N) is 1. The number of rotatable bonds is 2. The molecule has 1 aliphatic heterocycles. The average Bonchev–Trinajstić information content (AvgIpc) is 2.82. The molecule has 0 aromatic carbocycles. The SMILES string of the molecule is N=C(N)c1ccc(N2CCC3CCCCC32)nc1. The summed E-state index contributed by atoms with van der Waals surface area (Å²) in [7, 11) is 0. The van der Waals surface area contributed by atoms with Crippen molar-refractivity contribution in [2.45, 2.75) is 38.1 Å². The number of hydrogen-bond acceptors (Lipinski definition) is 3. The van der Waals surface area contributed by atoms with Crippen LogP contribution in [0.1, 0.15) is 37.7 Å². The fourth-order valence-corrected chi connectivity index (χ4v) is 3.41. The van der Waals surface area contributed by atoms with Crippen molar-refractivity contribution in [3.05, 3.63) is 23.9 Å². The molecule has 0 amide bonds. The number of nitrogens with two attached hydrogens (primary N) is 1. The lowest BCUT2D eigenvalue weighted by Gasteiger charge is -2.32. The van der Waals surface area contributed by atoms with Crippen LogP contribution < -0.4 is 10.6 Å². The summed E-state index contributed by atoms with van der Waals surface area (Å²) in [6.45, 7) is 1.13. The zero-order chi connectivity index (χ0) is 12.5. The van der Waals surface area contributed by atoms with Crippen molar-refractivity contribution >= 4 is 11.7 Å². The van der Waals surface area contributed by atoms with Crippen LogP contribution in [0.5, 0.6) is 0 Å². The first-order valence-corrected chi connectivity index (χ1v) is 6.83. The van der Waals surface area contributed by atoms with Gasteiger partial charge in [-0.15, -0.1) is 0 Å². The summed E-state index contributed by atoms with van der Waals surface area (Å²) in [5.74, 6) is 2.01. The molecular formula is C14H20N4. The monoisotopic (exact) mass is 244 g/mol. The Labute approximate surface area is 108 Å². The second-order valence-corrected chi connectivity index (χ2v) is 5.41. The van der Waals surface area contributed by atoms with Gasteiger partial charge in [-0.1, -0.05) is 12.8 Å². The van der Waals surface area contributed by atoms with E-state index in [-0.39, 0.29) is 5.84 Å². The normalized spacial score (nSPS) is 27.0. The predicted octanol–water partition coefficient (Wildman–Crippen LogP) is 2.13. The van der Waals surface area contributed by atoms with Gasteiger partial charge in [0.25, 0.3) is 0 Å². The quantitative estimate of drug-likeness (QED) is 0.618. The summed E-state index contributed by atoms with van der Waals surface area (Å²) >= 11 is 0. The molecule has 18 heavy (non-hydrogen) atoms. The van der Waals surface area contributed by atoms with Crippen molar-refractivity contribution in [3.63, 3.8) is 0 Å². The molecule has 96 valence electrons. The molecule has 1 saturated carbocycles. The number of hydrogen-bond donors (Lipinski definition) is 2.